The number of oxime groups is 1. The molecular weight excluding hydrogens is 266 g/mol. The van der Waals surface area contributed by atoms with Crippen LogP contribution in [0.15, 0.2) is 23.4 Å². The van der Waals surface area contributed by atoms with Gasteiger partial charge in [-0.2, -0.15) is 0 Å². The van der Waals surface area contributed by atoms with Crippen molar-refractivity contribution < 1.29 is 14.7 Å². The minimum Gasteiger partial charge on any atom is -0.493 e. The Labute approximate surface area is 127 Å². The van der Waals surface area contributed by atoms with E-state index in [0.29, 0.717) is 12.4 Å². The van der Waals surface area contributed by atoms with Gasteiger partial charge < -0.3 is 14.7 Å². The first-order chi connectivity index (χ1) is 10.3. The summed E-state index contributed by atoms with van der Waals surface area (Å²) in [6.45, 7) is 2.94. The minimum absolute atomic E-state index is 0.662. The number of nitrogens with zero attached hydrogens (tertiary/aromatic N) is 1. The molecule has 1 rings (SSSR count). The van der Waals surface area contributed by atoms with E-state index in [9.17, 15) is 0 Å². The Morgan fingerprint density at radius 1 is 1.05 bits per heavy atom. The molecule has 0 radical (unpaired) electrons. The van der Waals surface area contributed by atoms with Gasteiger partial charge in [-0.3, -0.25) is 0 Å². The van der Waals surface area contributed by atoms with E-state index in [-0.39, 0.29) is 0 Å². The van der Waals surface area contributed by atoms with Gasteiger partial charge in [-0.25, -0.2) is 0 Å². The summed E-state index contributed by atoms with van der Waals surface area (Å²) in [6, 6.07) is 5.47. The van der Waals surface area contributed by atoms with Crippen molar-refractivity contribution >= 4 is 6.21 Å². The summed E-state index contributed by atoms with van der Waals surface area (Å²) >= 11 is 0. The van der Waals surface area contributed by atoms with Crippen LogP contribution in [0.25, 0.3) is 0 Å². The lowest BCUT2D eigenvalue weighted by Gasteiger charge is -2.11. The Kier molecular flexibility index (Phi) is 9.09. The third kappa shape index (κ3) is 7.02. The quantitative estimate of drug-likeness (QED) is 0.280. The van der Waals surface area contributed by atoms with E-state index in [1.807, 2.05) is 12.1 Å². The van der Waals surface area contributed by atoms with E-state index >= 15 is 0 Å². The smallest absolute Gasteiger partial charge is 0.161 e. The minimum atomic E-state index is 0.662. The van der Waals surface area contributed by atoms with E-state index in [1.165, 1.54) is 44.7 Å². The molecule has 0 spiro atoms. The third-order valence-corrected chi connectivity index (χ3v) is 3.40. The zero-order chi connectivity index (χ0) is 15.3. The third-order valence-electron chi connectivity index (χ3n) is 3.40. The fraction of sp³-hybridized carbons (Fsp3) is 0.588. The van der Waals surface area contributed by atoms with Crippen LogP contribution in [0.1, 0.15) is 57.4 Å². The molecule has 0 fully saturated rings. The number of benzene rings is 1. The van der Waals surface area contributed by atoms with Gasteiger partial charge in [0.05, 0.1) is 19.9 Å². The number of rotatable bonds is 11. The Hall–Kier alpha value is -1.71. The average Bonchev–Trinajstić information content (AvgIpc) is 2.51. The lowest BCUT2D eigenvalue weighted by Crippen LogP contribution is -2.00. The number of ether oxygens (including phenoxy) is 2. The van der Waals surface area contributed by atoms with Crippen molar-refractivity contribution in [3.05, 3.63) is 23.8 Å². The van der Waals surface area contributed by atoms with Crippen molar-refractivity contribution in [1.29, 1.82) is 0 Å². The van der Waals surface area contributed by atoms with E-state index in [0.717, 1.165) is 17.7 Å². The Bertz CT molecular complexity index is 418. The Morgan fingerprint density at radius 2 is 1.76 bits per heavy atom. The zero-order valence-corrected chi connectivity index (χ0v) is 13.2. The maximum Gasteiger partial charge on any atom is 0.161 e. The van der Waals surface area contributed by atoms with Crippen molar-refractivity contribution in [3.63, 3.8) is 0 Å². The molecule has 0 amide bonds. The fourth-order valence-corrected chi connectivity index (χ4v) is 2.19. The Balaban J connectivity index is 2.28. The maximum atomic E-state index is 8.53. The van der Waals surface area contributed by atoms with Gasteiger partial charge in [-0.15, -0.1) is 0 Å². The van der Waals surface area contributed by atoms with E-state index in [4.69, 9.17) is 14.7 Å². The average molecular weight is 293 g/mol. The monoisotopic (exact) mass is 293 g/mol. The molecule has 1 aromatic carbocycles. The molecule has 4 nitrogen and oxygen atoms in total. The molecule has 0 bridgehead atoms. The lowest BCUT2D eigenvalue weighted by molar-refractivity contribution is 0.284. The van der Waals surface area contributed by atoms with Crippen LogP contribution in [0.4, 0.5) is 0 Å². The second-order valence-corrected chi connectivity index (χ2v) is 5.12. The summed E-state index contributed by atoms with van der Waals surface area (Å²) in [5.41, 5.74) is 0.776. The summed E-state index contributed by atoms with van der Waals surface area (Å²) in [7, 11) is 1.61. The SMILES string of the molecule is CCCCCCCCCOc1ccc(/C=N\O)cc1OC. The predicted molar refractivity (Wildman–Crippen MR) is 85.9 cm³/mol. The van der Waals surface area contributed by atoms with Gasteiger partial charge in [0.1, 0.15) is 0 Å². The first-order valence-electron chi connectivity index (χ1n) is 7.80. The zero-order valence-electron chi connectivity index (χ0n) is 13.2. The molecule has 1 aromatic rings. The number of unbranched alkanes of at least 4 members (excludes halogenated alkanes) is 6. The summed E-state index contributed by atoms with van der Waals surface area (Å²) < 4.78 is 11.0. The summed E-state index contributed by atoms with van der Waals surface area (Å²) in [4.78, 5) is 0. The number of hydrogen-bond acceptors (Lipinski definition) is 4. The number of hydrogen-bond donors (Lipinski definition) is 1. The van der Waals surface area contributed by atoms with Crippen molar-refractivity contribution in [1.82, 2.24) is 0 Å². The highest BCUT2D eigenvalue weighted by Gasteiger charge is 2.05. The number of methoxy groups -OCH3 is 1. The molecule has 21 heavy (non-hydrogen) atoms. The summed E-state index contributed by atoms with van der Waals surface area (Å²) in [5.74, 6) is 1.40. The van der Waals surface area contributed by atoms with Crippen molar-refractivity contribution in [2.75, 3.05) is 13.7 Å². The second kappa shape index (κ2) is 11.0. The van der Waals surface area contributed by atoms with Gasteiger partial charge in [0.25, 0.3) is 0 Å². The molecule has 0 saturated carbocycles. The molecule has 0 unspecified atom stereocenters. The molecule has 0 aliphatic carbocycles. The van der Waals surface area contributed by atoms with Gasteiger partial charge in [-0.05, 0) is 24.6 Å². The van der Waals surface area contributed by atoms with Crippen molar-refractivity contribution in [3.8, 4) is 11.5 Å². The van der Waals surface area contributed by atoms with Crippen LogP contribution >= 0.6 is 0 Å². The second-order valence-electron chi connectivity index (χ2n) is 5.12. The fourth-order valence-electron chi connectivity index (χ4n) is 2.19. The largest absolute Gasteiger partial charge is 0.493 e. The van der Waals surface area contributed by atoms with E-state index < -0.39 is 0 Å². The molecular formula is C17H27NO3. The van der Waals surface area contributed by atoms with E-state index in [2.05, 4.69) is 12.1 Å². The summed E-state index contributed by atoms with van der Waals surface area (Å²) in [5, 5.41) is 11.5. The highest BCUT2D eigenvalue weighted by molar-refractivity contribution is 5.80. The molecule has 4 heteroatoms. The lowest BCUT2D eigenvalue weighted by atomic mass is 10.1. The topological polar surface area (TPSA) is 51.0 Å². The van der Waals surface area contributed by atoms with Crippen LogP contribution < -0.4 is 9.47 Å². The molecule has 0 saturated heterocycles. The van der Waals surface area contributed by atoms with Gasteiger partial charge in [-0.1, -0.05) is 50.6 Å². The maximum absolute atomic E-state index is 8.53. The molecule has 1 N–H and O–H groups in total. The molecule has 0 heterocycles. The van der Waals surface area contributed by atoms with Gasteiger partial charge in [0.15, 0.2) is 11.5 Å². The van der Waals surface area contributed by atoms with Crippen molar-refractivity contribution in [2.45, 2.75) is 51.9 Å². The van der Waals surface area contributed by atoms with Crippen LogP contribution in [0, 0.1) is 0 Å². The highest BCUT2D eigenvalue weighted by atomic mass is 16.5. The van der Waals surface area contributed by atoms with Crippen molar-refractivity contribution in [2.24, 2.45) is 5.16 Å². The van der Waals surface area contributed by atoms with Crippen LogP contribution in [-0.4, -0.2) is 25.1 Å². The highest BCUT2D eigenvalue weighted by Crippen LogP contribution is 2.27. The molecule has 0 aromatic heterocycles. The van der Waals surface area contributed by atoms with Crippen LogP contribution in [0.5, 0.6) is 11.5 Å². The van der Waals surface area contributed by atoms with E-state index in [1.54, 1.807) is 13.2 Å². The summed E-state index contributed by atoms with van der Waals surface area (Å²) in [6.07, 6.45) is 10.2. The molecule has 118 valence electrons. The normalized spacial score (nSPS) is 11.0. The van der Waals surface area contributed by atoms with Gasteiger partial charge in [0.2, 0.25) is 0 Å². The molecule has 0 atom stereocenters. The standard InChI is InChI=1S/C17H27NO3/c1-3-4-5-6-7-8-9-12-21-16-11-10-15(14-18-19)13-17(16)20-2/h10-11,13-14,19H,3-9,12H2,1-2H3/b18-14-. The Morgan fingerprint density at radius 3 is 2.43 bits per heavy atom. The van der Waals surface area contributed by atoms with Crippen LogP contribution in [0.2, 0.25) is 0 Å². The van der Waals surface area contributed by atoms with Crippen LogP contribution in [0.3, 0.4) is 0 Å². The first kappa shape index (κ1) is 17.3. The molecule has 0 aliphatic heterocycles. The molecule has 0 aliphatic rings. The first-order valence-corrected chi connectivity index (χ1v) is 7.80. The predicted octanol–water partition coefficient (Wildman–Crippen LogP) is 4.63. The van der Waals surface area contributed by atoms with Gasteiger partial charge in [0, 0.05) is 5.56 Å². The van der Waals surface area contributed by atoms with Crippen LogP contribution in [-0.2, 0) is 0 Å². The van der Waals surface area contributed by atoms with Gasteiger partial charge >= 0.3 is 0 Å².